The van der Waals surface area contributed by atoms with E-state index in [1.165, 1.54) is 5.56 Å². The Labute approximate surface area is 133 Å². The molecule has 2 amide bonds. The van der Waals surface area contributed by atoms with Crippen LogP contribution in [0.25, 0.3) is 6.08 Å². The fourth-order valence-corrected chi connectivity index (χ4v) is 2.29. The lowest BCUT2D eigenvalue weighted by Gasteiger charge is -2.05. The molecule has 0 aromatic heterocycles. The van der Waals surface area contributed by atoms with E-state index in [4.69, 9.17) is 0 Å². The number of urea groups is 1. The molecule has 0 fully saturated rings. The highest BCUT2D eigenvalue weighted by atomic mass is 79.9. The molecule has 0 spiro atoms. The van der Waals surface area contributed by atoms with Crippen molar-refractivity contribution >= 4 is 28.0 Å². The van der Waals surface area contributed by atoms with Crippen molar-refractivity contribution in [3.63, 3.8) is 0 Å². The Morgan fingerprint density at radius 1 is 1.10 bits per heavy atom. The monoisotopic (exact) mass is 344 g/mol. The summed E-state index contributed by atoms with van der Waals surface area (Å²) in [7, 11) is 0. The fourth-order valence-electron chi connectivity index (χ4n) is 1.84. The summed E-state index contributed by atoms with van der Waals surface area (Å²) >= 11 is 3.43. The van der Waals surface area contributed by atoms with Gasteiger partial charge in [-0.2, -0.15) is 0 Å². The Hall–Kier alpha value is -2.07. The molecule has 0 bridgehead atoms. The summed E-state index contributed by atoms with van der Waals surface area (Å²) in [4.78, 5) is 11.6. The van der Waals surface area contributed by atoms with Crippen LogP contribution in [0.5, 0.6) is 0 Å². The van der Waals surface area contributed by atoms with Crippen LogP contribution in [0.1, 0.15) is 11.1 Å². The van der Waals surface area contributed by atoms with Crippen molar-refractivity contribution < 1.29 is 4.79 Å². The zero-order valence-electron chi connectivity index (χ0n) is 11.6. The molecule has 2 N–H and O–H groups in total. The quantitative estimate of drug-likeness (QED) is 0.846. The second kappa shape index (κ2) is 8.27. The van der Waals surface area contributed by atoms with Gasteiger partial charge in [0.2, 0.25) is 0 Å². The topological polar surface area (TPSA) is 41.1 Å². The van der Waals surface area contributed by atoms with Gasteiger partial charge in [-0.05, 0) is 35.8 Å². The first-order valence-electron chi connectivity index (χ1n) is 6.74. The van der Waals surface area contributed by atoms with E-state index in [-0.39, 0.29) is 6.03 Å². The van der Waals surface area contributed by atoms with E-state index in [1.807, 2.05) is 54.6 Å². The molecule has 4 heteroatoms. The number of hydrogen-bond donors (Lipinski definition) is 2. The molecule has 0 aliphatic carbocycles. The van der Waals surface area contributed by atoms with Crippen molar-refractivity contribution in [2.75, 3.05) is 6.54 Å². The van der Waals surface area contributed by atoms with Crippen LogP contribution >= 0.6 is 15.9 Å². The van der Waals surface area contributed by atoms with Crippen molar-refractivity contribution in [2.45, 2.75) is 6.42 Å². The largest absolute Gasteiger partial charge is 0.338 e. The van der Waals surface area contributed by atoms with Crippen LogP contribution in [0.2, 0.25) is 0 Å². The van der Waals surface area contributed by atoms with Crippen LogP contribution < -0.4 is 10.6 Å². The first-order valence-corrected chi connectivity index (χ1v) is 7.54. The predicted molar refractivity (Wildman–Crippen MR) is 89.9 cm³/mol. The minimum atomic E-state index is -0.197. The second-order valence-electron chi connectivity index (χ2n) is 4.52. The molecule has 2 aromatic rings. The number of carbonyl (C=O) groups is 1. The van der Waals surface area contributed by atoms with Gasteiger partial charge in [-0.3, -0.25) is 0 Å². The van der Waals surface area contributed by atoms with Gasteiger partial charge in [-0.25, -0.2) is 4.79 Å². The number of amides is 2. The van der Waals surface area contributed by atoms with Gasteiger partial charge in [0.1, 0.15) is 0 Å². The Morgan fingerprint density at radius 3 is 2.67 bits per heavy atom. The molecule has 2 aromatic carbocycles. The number of rotatable bonds is 5. The highest BCUT2D eigenvalue weighted by Gasteiger charge is 1.98. The molecule has 0 saturated heterocycles. The number of carbonyl (C=O) groups excluding carboxylic acids is 1. The maximum atomic E-state index is 11.6. The number of nitrogens with one attached hydrogen (secondary N) is 2. The summed E-state index contributed by atoms with van der Waals surface area (Å²) in [6.07, 6.45) is 4.30. The zero-order valence-corrected chi connectivity index (χ0v) is 13.1. The molecule has 0 unspecified atom stereocenters. The van der Waals surface area contributed by atoms with E-state index < -0.39 is 0 Å². The van der Waals surface area contributed by atoms with E-state index in [1.54, 1.807) is 6.20 Å². The smallest absolute Gasteiger partial charge is 0.318 e. The molecular weight excluding hydrogens is 328 g/mol. The maximum absolute atomic E-state index is 11.6. The van der Waals surface area contributed by atoms with Gasteiger partial charge in [0, 0.05) is 17.2 Å². The first kappa shape index (κ1) is 15.3. The zero-order chi connectivity index (χ0) is 14.9. The molecular formula is C17H17BrN2O. The van der Waals surface area contributed by atoms with Gasteiger partial charge in [0.25, 0.3) is 0 Å². The summed E-state index contributed by atoms with van der Waals surface area (Å²) in [5.74, 6) is 0. The van der Waals surface area contributed by atoms with Crippen LogP contribution in [0, 0.1) is 0 Å². The third kappa shape index (κ3) is 5.83. The molecule has 0 heterocycles. The standard InChI is InChI=1S/C17H17BrN2O/c18-16-8-4-7-15(13-16)10-12-20-17(21)19-11-9-14-5-2-1-3-6-14/h1-9,11,13H,10,12H2,(H2,19,20,21)/b11-9+. The highest BCUT2D eigenvalue weighted by molar-refractivity contribution is 9.10. The molecule has 0 atom stereocenters. The van der Waals surface area contributed by atoms with Gasteiger partial charge >= 0.3 is 6.03 Å². The molecule has 3 nitrogen and oxygen atoms in total. The van der Waals surface area contributed by atoms with Crippen LogP contribution in [0.15, 0.2) is 65.3 Å². The van der Waals surface area contributed by atoms with Crippen LogP contribution in [-0.4, -0.2) is 12.6 Å². The van der Waals surface area contributed by atoms with Crippen LogP contribution in [0.4, 0.5) is 4.79 Å². The van der Waals surface area contributed by atoms with Gasteiger partial charge in [0.05, 0.1) is 0 Å². The van der Waals surface area contributed by atoms with E-state index in [2.05, 4.69) is 32.6 Å². The molecule has 0 saturated carbocycles. The number of benzene rings is 2. The van der Waals surface area contributed by atoms with Crippen molar-refractivity contribution in [3.8, 4) is 0 Å². The minimum absolute atomic E-state index is 0.197. The molecule has 2 rings (SSSR count). The fraction of sp³-hybridized carbons (Fsp3) is 0.118. The van der Waals surface area contributed by atoms with E-state index >= 15 is 0 Å². The molecule has 0 aliphatic rings. The lowest BCUT2D eigenvalue weighted by molar-refractivity contribution is 0.244. The Kier molecular flexibility index (Phi) is 6.03. The second-order valence-corrected chi connectivity index (χ2v) is 5.44. The Morgan fingerprint density at radius 2 is 1.90 bits per heavy atom. The molecule has 0 aliphatic heterocycles. The highest BCUT2D eigenvalue weighted by Crippen LogP contribution is 2.11. The van der Waals surface area contributed by atoms with Gasteiger partial charge < -0.3 is 10.6 Å². The van der Waals surface area contributed by atoms with Gasteiger partial charge in [-0.1, -0.05) is 58.4 Å². The average molecular weight is 345 g/mol. The summed E-state index contributed by atoms with van der Waals surface area (Å²) < 4.78 is 1.05. The first-order chi connectivity index (χ1) is 10.2. The van der Waals surface area contributed by atoms with Gasteiger partial charge in [-0.15, -0.1) is 0 Å². The van der Waals surface area contributed by atoms with Crippen molar-refractivity contribution in [1.82, 2.24) is 10.6 Å². The summed E-state index contributed by atoms with van der Waals surface area (Å²) in [5, 5.41) is 5.51. The third-order valence-corrected chi connectivity index (χ3v) is 3.37. The number of halogens is 1. The summed E-state index contributed by atoms with van der Waals surface area (Å²) in [6, 6.07) is 17.7. The number of hydrogen-bond acceptors (Lipinski definition) is 1. The Bertz CT molecular complexity index is 611. The molecule has 21 heavy (non-hydrogen) atoms. The maximum Gasteiger partial charge on any atom is 0.318 e. The Balaban J connectivity index is 1.69. The summed E-state index contributed by atoms with van der Waals surface area (Å²) in [6.45, 7) is 0.599. The lowest BCUT2D eigenvalue weighted by atomic mass is 10.1. The third-order valence-electron chi connectivity index (χ3n) is 2.88. The van der Waals surface area contributed by atoms with Crippen LogP contribution in [0.3, 0.4) is 0 Å². The normalized spacial score (nSPS) is 10.5. The SMILES string of the molecule is O=C(N/C=C/c1ccccc1)NCCc1cccc(Br)c1. The lowest BCUT2D eigenvalue weighted by Crippen LogP contribution is -2.33. The van der Waals surface area contributed by atoms with Gasteiger partial charge in [0.15, 0.2) is 0 Å². The average Bonchev–Trinajstić information content (AvgIpc) is 2.48. The minimum Gasteiger partial charge on any atom is -0.338 e. The van der Waals surface area contributed by atoms with Crippen molar-refractivity contribution in [3.05, 3.63) is 76.4 Å². The molecule has 108 valence electrons. The summed E-state index contributed by atoms with van der Waals surface area (Å²) in [5.41, 5.74) is 2.23. The molecule has 0 radical (unpaired) electrons. The predicted octanol–water partition coefficient (Wildman–Crippen LogP) is 3.96. The van der Waals surface area contributed by atoms with E-state index in [0.29, 0.717) is 6.54 Å². The van der Waals surface area contributed by atoms with E-state index in [9.17, 15) is 4.79 Å². The van der Waals surface area contributed by atoms with Crippen molar-refractivity contribution in [2.24, 2.45) is 0 Å². The van der Waals surface area contributed by atoms with Crippen molar-refractivity contribution in [1.29, 1.82) is 0 Å². The van der Waals surface area contributed by atoms with E-state index in [0.717, 1.165) is 16.5 Å². The van der Waals surface area contributed by atoms with Crippen LogP contribution in [-0.2, 0) is 6.42 Å².